The standard InChI is InChI=1S/C28H34O/c1-5-7-13-21(20(3)4)14-10-18-24-23-16-8-9-17-25(23)28(29)26-19-11-15-22(12-6-2)27(24)26/h6,8-12,14-17,19-21,24H,5,7,13,18H2,1-4H3. The fraction of sp³-hybridized carbons (Fsp3) is 0.393. The van der Waals surface area contributed by atoms with E-state index in [-0.39, 0.29) is 11.7 Å². The molecule has 152 valence electrons. The Morgan fingerprint density at radius 1 is 1.03 bits per heavy atom. The van der Waals surface area contributed by atoms with Crippen molar-refractivity contribution < 1.29 is 4.79 Å². The van der Waals surface area contributed by atoms with Gasteiger partial charge in [0.15, 0.2) is 5.78 Å². The predicted molar refractivity (Wildman–Crippen MR) is 124 cm³/mol. The van der Waals surface area contributed by atoms with Gasteiger partial charge in [-0.15, -0.1) is 0 Å². The highest BCUT2D eigenvalue weighted by atomic mass is 16.1. The SMILES string of the molecule is CC=Cc1cccc2c1C(CC=CC(CCCC)C(C)C)c1ccccc1C2=O. The molecule has 0 saturated heterocycles. The van der Waals surface area contributed by atoms with Crippen molar-refractivity contribution in [2.24, 2.45) is 11.8 Å². The summed E-state index contributed by atoms with van der Waals surface area (Å²) in [5.41, 5.74) is 5.25. The second-order valence-corrected chi connectivity index (χ2v) is 8.49. The summed E-state index contributed by atoms with van der Waals surface area (Å²) < 4.78 is 0. The highest BCUT2D eigenvalue weighted by molar-refractivity contribution is 6.13. The van der Waals surface area contributed by atoms with Crippen molar-refractivity contribution >= 4 is 11.9 Å². The lowest BCUT2D eigenvalue weighted by Crippen LogP contribution is -2.20. The topological polar surface area (TPSA) is 17.1 Å². The Bertz CT molecular complexity index is 900. The number of benzene rings is 2. The van der Waals surface area contributed by atoms with E-state index in [9.17, 15) is 4.79 Å². The van der Waals surface area contributed by atoms with Gasteiger partial charge in [-0.1, -0.05) is 100 Å². The van der Waals surface area contributed by atoms with E-state index in [2.05, 4.69) is 63.3 Å². The van der Waals surface area contributed by atoms with Gasteiger partial charge >= 0.3 is 0 Å². The molecular weight excluding hydrogens is 352 g/mol. The molecule has 3 rings (SSSR count). The van der Waals surface area contributed by atoms with E-state index in [4.69, 9.17) is 0 Å². The lowest BCUT2D eigenvalue weighted by molar-refractivity contribution is 0.103. The molecule has 29 heavy (non-hydrogen) atoms. The minimum atomic E-state index is 0.158. The molecule has 0 saturated carbocycles. The van der Waals surface area contributed by atoms with Crippen molar-refractivity contribution in [1.29, 1.82) is 0 Å². The van der Waals surface area contributed by atoms with Crippen molar-refractivity contribution in [3.63, 3.8) is 0 Å². The molecule has 0 spiro atoms. The molecule has 0 bridgehead atoms. The van der Waals surface area contributed by atoms with Crippen LogP contribution in [0.5, 0.6) is 0 Å². The highest BCUT2D eigenvalue weighted by Crippen LogP contribution is 2.41. The Hall–Kier alpha value is -2.41. The molecule has 2 aromatic carbocycles. The van der Waals surface area contributed by atoms with Crippen LogP contribution in [-0.4, -0.2) is 5.78 Å². The summed E-state index contributed by atoms with van der Waals surface area (Å²) in [7, 11) is 0. The van der Waals surface area contributed by atoms with Gasteiger partial charge in [-0.2, -0.15) is 0 Å². The largest absolute Gasteiger partial charge is 0.289 e. The van der Waals surface area contributed by atoms with E-state index in [1.807, 2.05) is 31.2 Å². The lowest BCUT2D eigenvalue weighted by Gasteiger charge is -2.28. The maximum atomic E-state index is 13.2. The van der Waals surface area contributed by atoms with Crippen molar-refractivity contribution in [1.82, 2.24) is 0 Å². The summed E-state index contributed by atoms with van der Waals surface area (Å²) in [4.78, 5) is 13.2. The maximum Gasteiger partial charge on any atom is 0.193 e. The van der Waals surface area contributed by atoms with Gasteiger partial charge in [0.05, 0.1) is 0 Å². The molecule has 0 aliphatic heterocycles. The normalized spacial score (nSPS) is 17.1. The third kappa shape index (κ3) is 4.61. The van der Waals surface area contributed by atoms with Crippen molar-refractivity contribution in [2.45, 2.75) is 59.3 Å². The van der Waals surface area contributed by atoms with Crippen LogP contribution in [0, 0.1) is 11.8 Å². The van der Waals surface area contributed by atoms with Crippen LogP contribution in [0.4, 0.5) is 0 Å². The highest BCUT2D eigenvalue weighted by Gasteiger charge is 2.31. The van der Waals surface area contributed by atoms with E-state index in [1.54, 1.807) is 0 Å². The van der Waals surface area contributed by atoms with Crippen LogP contribution in [-0.2, 0) is 0 Å². The molecule has 0 amide bonds. The summed E-state index contributed by atoms with van der Waals surface area (Å²) in [6.07, 6.45) is 13.7. The van der Waals surface area contributed by atoms with E-state index >= 15 is 0 Å². The molecule has 0 aromatic heterocycles. The summed E-state index contributed by atoms with van der Waals surface area (Å²) in [6, 6.07) is 14.3. The van der Waals surface area contributed by atoms with Crippen LogP contribution in [0.1, 0.15) is 91.9 Å². The lowest BCUT2D eigenvalue weighted by atomic mass is 9.74. The Labute approximate surface area is 176 Å². The van der Waals surface area contributed by atoms with Crippen LogP contribution >= 0.6 is 0 Å². The van der Waals surface area contributed by atoms with Crippen molar-refractivity contribution in [3.05, 3.63) is 88.5 Å². The van der Waals surface area contributed by atoms with E-state index in [0.29, 0.717) is 11.8 Å². The van der Waals surface area contributed by atoms with Crippen molar-refractivity contribution in [2.75, 3.05) is 0 Å². The number of carbonyl (C=O) groups is 1. The van der Waals surface area contributed by atoms with Crippen LogP contribution < -0.4 is 0 Å². The second kappa shape index (κ2) is 9.87. The number of hydrogen-bond donors (Lipinski definition) is 0. The van der Waals surface area contributed by atoms with Crippen LogP contribution in [0.2, 0.25) is 0 Å². The number of fused-ring (bicyclic) bond motifs is 2. The van der Waals surface area contributed by atoms with Gasteiger partial charge < -0.3 is 0 Å². The van der Waals surface area contributed by atoms with E-state index in [1.165, 1.54) is 30.4 Å². The Morgan fingerprint density at radius 3 is 2.52 bits per heavy atom. The monoisotopic (exact) mass is 386 g/mol. The van der Waals surface area contributed by atoms with Gasteiger partial charge in [0.25, 0.3) is 0 Å². The van der Waals surface area contributed by atoms with Gasteiger partial charge in [0.1, 0.15) is 0 Å². The van der Waals surface area contributed by atoms with Gasteiger partial charge in [-0.25, -0.2) is 0 Å². The van der Waals surface area contributed by atoms with Gasteiger partial charge in [-0.05, 0) is 48.3 Å². The van der Waals surface area contributed by atoms with Gasteiger partial charge in [0.2, 0.25) is 0 Å². The molecule has 0 heterocycles. The zero-order chi connectivity index (χ0) is 20.8. The quantitative estimate of drug-likeness (QED) is 0.423. The molecule has 1 heteroatoms. The number of rotatable bonds is 8. The first-order chi connectivity index (χ1) is 14.1. The Kier molecular flexibility index (Phi) is 7.25. The third-order valence-corrected chi connectivity index (χ3v) is 6.16. The van der Waals surface area contributed by atoms with Gasteiger partial charge in [-0.3, -0.25) is 4.79 Å². The maximum absolute atomic E-state index is 13.2. The van der Waals surface area contributed by atoms with Crippen LogP contribution in [0.3, 0.4) is 0 Å². The van der Waals surface area contributed by atoms with E-state index in [0.717, 1.165) is 23.1 Å². The number of unbranched alkanes of at least 4 members (excludes halogenated alkanes) is 1. The first-order valence-electron chi connectivity index (χ1n) is 11.1. The molecule has 0 radical (unpaired) electrons. The molecule has 1 aliphatic rings. The average molecular weight is 387 g/mol. The molecular formula is C28H34O. The number of ketones is 1. The molecule has 2 atom stereocenters. The molecule has 1 aliphatic carbocycles. The summed E-state index contributed by atoms with van der Waals surface area (Å²) in [5, 5.41) is 0. The third-order valence-electron chi connectivity index (χ3n) is 6.16. The summed E-state index contributed by atoms with van der Waals surface area (Å²) >= 11 is 0. The minimum absolute atomic E-state index is 0.158. The number of hydrogen-bond acceptors (Lipinski definition) is 1. The number of allylic oxidation sites excluding steroid dienone is 3. The van der Waals surface area contributed by atoms with Gasteiger partial charge in [0, 0.05) is 17.0 Å². The number of carbonyl (C=O) groups excluding carboxylic acids is 1. The Morgan fingerprint density at radius 2 is 1.79 bits per heavy atom. The zero-order valence-corrected chi connectivity index (χ0v) is 18.3. The van der Waals surface area contributed by atoms with Crippen LogP contribution in [0.25, 0.3) is 6.08 Å². The van der Waals surface area contributed by atoms with E-state index < -0.39 is 0 Å². The molecule has 0 N–H and O–H groups in total. The van der Waals surface area contributed by atoms with Crippen molar-refractivity contribution in [3.8, 4) is 0 Å². The predicted octanol–water partition coefficient (Wildman–Crippen LogP) is 7.80. The average Bonchev–Trinajstić information content (AvgIpc) is 2.73. The fourth-order valence-corrected chi connectivity index (χ4v) is 4.53. The summed E-state index contributed by atoms with van der Waals surface area (Å²) in [5.74, 6) is 1.66. The summed E-state index contributed by atoms with van der Waals surface area (Å²) in [6.45, 7) is 8.93. The first kappa shape index (κ1) is 21.3. The Balaban J connectivity index is 1.99. The first-order valence-corrected chi connectivity index (χ1v) is 11.1. The second-order valence-electron chi connectivity index (χ2n) is 8.49. The zero-order valence-electron chi connectivity index (χ0n) is 18.3. The fourth-order valence-electron chi connectivity index (χ4n) is 4.53. The van der Waals surface area contributed by atoms with Crippen LogP contribution in [0.15, 0.2) is 60.7 Å². The molecule has 1 nitrogen and oxygen atoms in total. The molecule has 2 aromatic rings. The minimum Gasteiger partial charge on any atom is -0.289 e. The molecule has 0 fully saturated rings. The smallest absolute Gasteiger partial charge is 0.193 e. The molecule has 2 unspecified atom stereocenters.